The number of amides is 1. The zero-order valence-electron chi connectivity index (χ0n) is 14.3. The lowest BCUT2D eigenvalue weighted by molar-refractivity contribution is -0.121. The van der Waals surface area contributed by atoms with Gasteiger partial charge in [-0.05, 0) is 35.4 Å². The topological polar surface area (TPSA) is 62.0 Å². The Kier molecular flexibility index (Phi) is 5.66. The van der Waals surface area contributed by atoms with Crippen LogP contribution in [0.3, 0.4) is 0 Å². The number of hydrogen-bond acceptors (Lipinski definition) is 3. The molecule has 2 aromatic heterocycles. The summed E-state index contributed by atoms with van der Waals surface area (Å²) in [4.78, 5) is 27.9. The van der Waals surface area contributed by atoms with Crippen molar-refractivity contribution >= 4 is 33.9 Å². The van der Waals surface area contributed by atoms with Crippen LogP contribution in [-0.2, 0) is 17.6 Å². The van der Waals surface area contributed by atoms with Crippen LogP contribution in [0, 0.1) is 0 Å². The van der Waals surface area contributed by atoms with E-state index in [9.17, 15) is 9.59 Å². The lowest BCUT2D eigenvalue weighted by Gasteiger charge is -2.05. The molecule has 1 amide bonds. The van der Waals surface area contributed by atoms with Crippen LogP contribution in [0.4, 0.5) is 0 Å². The van der Waals surface area contributed by atoms with E-state index in [0.717, 1.165) is 17.7 Å². The van der Waals surface area contributed by atoms with Crippen LogP contribution in [0.2, 0.25) is 0 Å². The molecule has 5 heteroatoms. The van der Waals surface area contributed by atoms with Crippen LogP contribution >= 0.6 is 11.3 Å². The van der Waals surface area contributed by atoms with E-state index in [2.05, 4.69) is 35.4 Å². The highest BCUT2D eigenvalue weighted by molar-refractivity contribution is 7.12. The number of H-pyrrole nitrogens is 1. The highest BCUT2D eigenvalue weighted by Crippen LogP contribution is 2.22. The Morgan fingerprint density at radius 1 is 1.12 bits per heavy atom. The molecule has 0 saturated carbocycles. The van der Waals surface area contributed by atoms with E-state index in [1.165, 1.54) is 33.4 Å². The first kappa shape index (κ1) is 17.4. The van der Waals surface area contributed by atoms with Gasteiger partial charge in [0.05, 0.1) is 4.88 Å². The third kappa shape index (κ3) is 4.17. The van der Waals surface area contributed by atoms with Crippen LogP contribution in [0.25, 0.3) is 10.9 Å². The molecule has 0 atom stereocenters. The number of carbonyl (C=O) groups is 2. The van der Waals surface area contributed by atoms with Crippen molar-refractivity contribution in [1.29, 1.82) is 0 Å². The lowest BCUT2D eigenvalue weighted by Crippen LogP contribution is -2.25. The van der Waals surface area contributed by atoms with Gasteiger partial charge in [-0.2, -0.15) is 0 Å². The highest BCUT2D eigenvalue weighted by atomic mass is 32.1. The Morgan fingerprint density at radius 3 is 2.76 bits per heavy atom. The van der Waals surface area contributed by atoms with Crippen molar-refractivity contribution in [3.8, 4) is 0 Å². The molecule has 0 unspecified atom stereocenters. The molecule has 3 aromatic rings. The van der Waals surface area contributed by atoms with Gasteiger partial charge in [-0.1, -0.05) is 31.2 Å². The van der Waals surface area contributed by atoms with Gasteiger partial charge >= 0.3 is 0 Å². The summed E-state index contributed by atoms with van der Waals surface area (Å²) >= 11 is 1.42. The number of thiophene rings is 1. The fourth-order valence-corrected chi connectivity index (χ4v) is 3.68. The lowest BCUT2D eigenvalue weighted by atomic mass is 10.1. The number of aromatic amines is 1. The van der Waals surface area contributed by atoms with Gasteiger partial charge < -0.3 is 10.3 Å². The van der Waals surface area contributed by atoms with Gasteiger partial charge in [0, 0.05) is 36.5 Å². The number of hydrogen-bond donors (Lipinski definition) is 2. The molecule has 0 radical (unpaired) electrons. The van der Waals surface area contributed by atoms with Gasteiger partial charge in [0.2, 0.25) is 5.91 Å². The van der Waals surface area contributed by atoms with Crippen molar-refractivity contribution in [2.24, 2.45) is 0 Å². The van der Waals surface area contributed by atoms with Crippen LogP contribution in [-0.4, -0.2) is 23.2 Å². The fourth-order valence-electron chi connectivity index (χ4n) is 2.99. The maximum atomic E-state index is 11.9. The van der Waals surface area contributed by atoms with E-state index in [0.29, 0.717) is 6.54 Å². The zero-order valence-corrected chi connectivity index (χ0v) is 15.1. The number of nitrogens with one attached hydrogen (secondary N) is 2. The molecule has 130 valence electrons. The van der Waals surface area contributed by atoms with Crippen molar-refractivity contribution in [3.05, 3.63) is 57.9 Å². The summed E-state index contributed by atoms with van der Waals surface area (Å²) < 4.78 is 0. The number of para-hydroxylation sites is 1. The number of Topliss-reactive ketones (excluding diaryl/α,β-unsaturated/α-hetero) is 1. The summed E-state index contributed by atoms with van der Waals surface area (Å²) in [6.45, 7) is 2.72. The first-order valence-electron chi connectivity index (χ1n) is 8.60. The van der Waals surface area contributed by atoms with Gasteiger partial charge in [0.25, 0.3) is 0 Å². The van der Waals surface area contributed by atoms with Gasteiger partial charge in [0.15, 0.2) is 5.78 Å². The molecule has 2 heterocycles. The molecule has 4 nitrogen and oxygen atoms in total. The minimum atomic E-state index is -0.0704. The van der Waals surface area contributed by atoms with E-state index in [-0.39, 0.29) is 24.5 Å². The molecule has 0 spiro atoms. The largest absolute Gasteiger partial charge is 0.361 e. The quantitative estimate of drug-likeness (QED) is 0.598. The van der Waals surface area contributed by atoms with E-state index < -0.39 is 0 Å². The van der Waals surface area contributed by atoms with Gasteiger partial charge in [0.1, 0.15) is 0 Å². The number of carbonyl (C=O) groups excluding carboxylic acids is 2. The minimum Gasteiger partial charge on any atom is -0.361 e. The molecule has 25 heavy (non-hydrogen) atoms. The number of aryl methyl sites for hydroxylation is 1. The molecule has 0 aliphatic rings. The number of rotatable bonds is 8. The van der Waals surface area contributed by atoms with Gasteiger partial charge in [-0.3, -0.25) is 9.59 Å². The summed E-state index contributed by atoms with van der Waals surface area (Å²) in [6.07, 6.45) is 4.30. The molecule has 1 aromatic carbocycles. The van der Waals surface area contributed by atoms with Crippen LogP contribution in [0.5, 0.6) is 0 Å². The first-order chi connectivity index (χ1) is 12.2. The van der Waals surface area contributed by atoms with E-state index in [1.54, 1.807) is 6.07 Å². The maximum absolute atomic E-state index is 11.9. The molecule has 0 bridgehead atoms. The third-order valence-electron chi connectivity index (χ3n) is 4.36. The monoisotopic (exact) mass is 354 g/mol. The highest BCUT2D eigenvalue weighted by Gasteiger charge is 2.10. The summed E-state index contributed by atoms with van der Waals surface area (Å²) in [5, 5.41) is 6.01. The van der Waals surface area contributed by atoms with Crippen molar-refractivity contribution in [1.82, 2.24) is 10.3 Å². The van der Waals surface area contributed by atoms with Gasteiger partial charge in [-0.25, -0.2) is 0 Å². The Morgan fingerprint density at radius 2 is 2.00 bits per heavy atom. The van der Waals surface area contributed by atoms with E-state index in [1.807, 2.05) is 17.6 Å². The summed E-state index contributed by atoms with van der Waals surface area (Å²) in [7, 11) is 0. The predicted molar refractivity (Wildman–Crippen MR) is 102 cm³/mol. The van der Waals surface area contributed by atoms with Crippen molar-refractivity contribution in [2.75, 3.05) is 6.54 Å². The zero-order chi connectivity index (χ0) is 17.6. The fraction of sp³-hybridized carbons (Fsp3) is 0.300. The van der Waals surface area contributed by atoms with Crippen molar-refractivity contribution in [3.63, 3.8) is 0 Å². The second-order valence-corrected chi connectivity index (χ2v) is 6.96. The first-order valence-corrected chi connectivity index (χ1v) is 9.48. The standard InChI is InChI=1S/C20H22N2O2S/c1-2-14-5-3-6-16-15(13-22-20(14)16)10-11-21-19(24)9-8-17(23)18-7-4-12-25-18/h3-7,12-13,22H,2,8-11H2,1H3,(H,21,24). The number of ketones is 1. The maximum Gasteiger partial charge on any atom is 0.220 e. The second kappa shape index (κ2) is 8.12. The summed E-state index contributed by atoms with van der Waals surface area (Å²) in [5.41, 5.74) is 3.70. The van der Waals surface area contributed by atoms with Gasteiger partial charge in [-0.15, -0.1) is 11.3 Å². The summed E-state index contributed by atoms with van der Waals surface area (Å²) in [6, 6.07) is 9.97. The van der Waals surface area contributed by atoms with E-state index in [4.69, 9.17) is 0 Å². The van der Waals surface area contributed by atoms with Crippen molar-refractivity contribution in [2.45, 2.75) is 32.6 Å². The Hall–Kier alpha value is -2.40. The van der Waals surface area contributed by atoms with Crippen LogP contribution in [0.15, 0.2) is 41.9 Å². The Balaban J connectivity index is 1.48. The predicted octanol–water partition coefficient (Wildman–Crippen LogP) is 4.11. The average molecular weight is 354 g/mol. The second-order valence-electron chi connectivity index (χ2n) is 6.01. The molecule has 2 N–H and O–H groups in total. The molecule has 3 rings (SSSR count). The molecular formula is C20H22N2O2S. The molecule has 0 aliphatic heterocycles. The normalized spacial score (nSPS) is 10.9. The Bertz CT molecular complexity index is 865. The average Bonchev–Trinajstić information content (AvgIpc) is 3.29. The van der Waals surface area contributed by atoms with Crippen LogP contribution in [0.1, 0.15) is 40.6 Å². The summed E-state index contributed by atoms with van der Waals surface area (Å²) in [5.74, 6) is -0.0344. The molecular weight excluding hydrogens is 332 g/mol. The van der Waals surface area contributed by atoms with Crippen molar-refractivity contribution < 1.29 is 9.59 Å². The third-order valence-corrected chi connectivity index (χ3v) is 5.27. The van der Waals surface area contributed by atoms with Crippen LogP contribution < -0.4 is 5.32 Å². The minimum absolute atomic E-state index is 0.0360. The molecule has 0 aliphatic carbocycles. The Labute approximate surface area is 151 Å². The van der Waals surface area contributed by atoms with E-state index >= 15 is 0 Å². The molecule has 0 fully saturated rings. The number of fused-ring (bicyclic) bond motifs is 1. The number of benzene rings is 1. The number of aromatic nitrogens is 1. The smallest absolute Gasteiger partial charge is 0.220 e. The SMILES string of the molecule is CCc1cccc2c(CCNC(=O)CCC(=O)c3cccs3)c[nH]c12. The molecule has 0 saturated heterocycles.